The summed E-state index contributed by atoms with van der Waals surface area (Å²) in [5.74, 6) is -0.184. The van der Waals surface area contributed by atoms with Gasteiger partial charge in [0, 0.05) is 11.1 Å². The van der Waals surface area contributed by atoms with E-state index in [1.807, 2.05) is 6.07 Å². The zero-order chi connectivity index (χ0) is 18.2. The predicted molar refractivity (Wildman–Crippen MR) is 95.6 cm³/mol. The lowest BCUT2D eigenvalue weighted by Gasteiger charge is -2.12. The van der Waals surface area contributed by atoms with Crippen LogP contribution in [0.25, 0.3) is 11.0 Å². The maximum Gasteiger partial charge on any atom is 0.311 e. The van der Waals surface area contributed by atoms with Crippen LogP contribution in [0.5, 0.6) is 6.01 Å². The van der Waals surface area contributed by atoms with Crippen LogP contribution in [0.1, 0.15) is 29.8 Å². The van der Waals surface area contributed by atoms with Crippen LogP contribution in [-0.2, 0) is 10.0 Å². The van der Waals surface area contributed by atoms with Crippen LogP contribution in [0.4, 0.5) is 0 Å². The monoisotopic (exact) mass is 358 g/mol. The number of ether oxygens (including phenoxy) is 1. The molecule has 2 aromatic carbocycles. The number of hydrogen-bond acceptors (Lipinski definition) is 5. The van der Waals surface area contributed by atoms with Crippen molar-refractivity contribution in [3.05, 3.63) is 59.7 Å². The van der Waals surface area contributed by atoms with E-state index in [-0.39, 0.29) is 11.8 Å². The fraction of sp³-hybridized carbons (Fsp3) is 0.222. The maximum atomic E-state index is 12.7. The molecule has 0 saturated carbocycles. The third kappa shape index (κ3) is 2.91. The topological polar surface area (TPSA) is 78.3 Å². The van der Waals surface area contributed by atoms with Gasteiger partial charge in [-0.3, -0.25) is 4.79 Å². The van der Waals surface area contributed by atoms with Crippen LogP contribution >= 0.6 is 0 Å². The van der Waals surface area contributed by atoms with E-state index in [1.165, 1.54) is 7.11 Å². The van der Waals surface area contributed by atoms with Crippen molar-refractivity contribution < 1.29 is 17.9 Å². The molecule has 6 nitrogen and oxygen atoms in total. The average molecular weight is 358 g/mol. The summed E-state index contributed by atoms with van der Waals surface area (Å²) in [6, 6.07) is 13.6. The van der Waals surface area contributed by atoms with E-state index >= 15 is 0 Å². The van der Waals surface area contributed by atoms with Gasteiger partial charge in [-0.2, -0.15) is 8.96 Å². The summed E-state index contributed by atoms with van der Waals surface area (Å²) in [5.41, 5.74) is 1.70. The second-order valence-corrected chi connectivity index (χ2v) is 8.19. The van der Waals surface area contributed by atoms with E-state index in [2.05, 4.69) is 4.98 Å². The number of carbonyl (C=O) groups excluding carboxylic acids is 1. The third-order valence-electron chi connectivity index (χ3n) is 3.91. The first-order valence-corrected chi connectivity index (χ1v) is 9.27. The third-order valence-corrected chi connectivity index (χ3v) is 5.97. The van der Waals surface area contributed by atoms with Gasteiger partial charge in [0.15, 0.2) is 5.78 Å². The largest absolute Gasteiger partial charge is 0.467 e. The first kappa shape index (κ1) is 17.2. The molecule has 0 saturated heterocycles. The highest BCUT2D eigenvalue weighted by atomic mass is 32.2. The van der Waals surface area contributed by atoms with Crippen molar-refractivity contribution in [2.75, 3.05) is 7.11 Å². The Kier molecular flexibility index (Phi) is 4.34. The number of ketones is 1. The molecule has 1 aromatic heterocycles. The van der Waals surface area contributed by atoms with E-state index in [9.17, 15) is 13.2 Å². The summed E-state index contributed by atoms with van der Waals surface area (Å²) in [6.45, 7) is 3.17. The second-order valence-electron chi connectivity index (χ2n) is 5.86. The molecule has 0 N–H and O–H groups in total. The van der Waals surface area contributed by atoms with Gasteiger partial charge in [-0.1, -0.05) is 30.3 Å². The van der Waals surface area contributed by atoms with Gasteiger partial charge in [-0.05, 0) is 32.0 Å². The molecule has 25 heavy (non-hydrogen) atoms. The molecule has 0 unspecified atom stereocenters. The lowest BCUT2D eigenvalue weighted by atomic mass is 10.0. The average Bonchev–Trinajstić information content (AvgIpc) is 3.00. The molecule has 0 bridgehead atoms. The minimum absolute atomic E-state index is 0.0204. The fourth-order valence-electron chi connectivity index (χ4n) is 2.51. The van der Waals surface area contributed by atoms with Gasteiger partial charge in [-0.15, -0.1) is 0 Å². The van der Waals surface area contributed by atoms with Gasteiger partial charge in [-0.25, -0.2) is 8.42 Å². The zero-order valence-corrected chi connectivity index (χ0v) is 14.9. The molecule has 1 heterocycles. The summed E-state index contributed by atoms with van der Waals surface area (Å²) in [6.07, 6.45) is 0. The molecule has 0 radical (unpaired) electrons. The highest BCUT2D eigenvalue weighted by molar-refractivity contribution is 7.90. The number of imidazole rings is 1. The minimum Gasteiger partial charge on any atom is -0.467 e. The number of fused-ring (bicyclic) bond motifs is 1. The van der Waals surface area contributed by atoms with Crippen molar-refractivity contribution in [1.29, 1.82) is 0 Å². The van der Waals surface area contributed by atoms with E-state index in [1.54, 1.807) is 56.3 Å². The van der Waals surface area contributed by atoms with Crippen molar-refractivity contribution in [3.8, 4) is 6.01 Å². The van der Waals surface area contributed by atoms with Crippen molar-refractivity contribution in [2.45, 2.75) is 19.1 Å². The van der Waals surface area contributed by atoms with Crippen molar-refractivity contribution in [1.82, 2.24) is 8.96 Å². The number of rotatable bonds is 5. The number of carbonyl (C=O) groups is 1. The molecular weight excluding hydrogens is 340 g/mol. The van der Waals surface area contributed by atoms with Crippen LogP contribution in [-0.4, -0.2) is 35.5 Å². The fourth-order valence-corrected chi connectivity index (χ4v) is 3.69. The lowest BCUT2D eigenvalue weighted by Crippen LogP contribution is -2.23. The zero-order valence-electron chi connectivity index (χ0n) is 14.1. The molecule has 0 aliphatic heterocycles. The quantitative estimate of drug-likeness (QED) is 0.655. The standard InChI is InChI=1S/C18H18N2O4S/c1-12(2)25(22,23)20-16-11-14(9-10-15(16)19-18(20)24-3)17(21)13-7-5-4-6-8-13/h4-12H,1-3H3. The Morgan fingerprint density at radius 3 is 2.36 bits per heavy atom. The predicted octanol–water partition coefficient (Wildman–Crippen LogP) is 2.86. The van der Waals surface area contributed by atoms with E-state index in [0.717, 1.165) is 3.97 Å². The Labute approximate surface area is 146 Å². The molecule has 0 amide bonds. The summed E-state index contributed by atoms with van der Waals surface area (Å²) < 4.78 is 31.6. The van der Waals surface area contributed by atoms with Gasteiger partial charge >= 0.3 is 6.01 Å². The molecule has 0 spiro atoms. The molecule has 0 aliphatic carbocycles. The second kappa shape index (κ2) is 6.33. The summed E-state index contributed by atoms with van der Waals surface area (Å²) >= 11 is 0. The van der Waals surface area contributed by atoms with E-state index in [0.29, 0.717) is 22.2 Å². The Balaban J connectivity index is 2.22. The van der Waals surface area contributed by atoms with E-state index < -0.39 is 15.3 Å². The Morgan fingerprint density at radius 2 is 1.76 bits per heavy atom. The molecule has 130 valence electrons. The van der Waals surface area contributed by atoms with Crippen molar-refractivity contribution in [3.63, 3.8) is 0 Å². The smallest absolute Gasteiger partial charge is 0.311 e. The number of aromatic nitrogens is 2. The highest BCUT2D eigenvalue weighted by Gasteiger charge is 2.26. The summed E-state index contributed by atoms with van der Waals surface area (Å²) in [7, 11) is -2.33. The van der Waals surface area contributed by atoms with Crippen molar-refractivity contribution in [2.24, 2.45) is 0 Å². The van der Waals surface area contributed by atoms with Crippen LogP contribution in [0.15, 0.2) is 48.5 Å². The van der Waals surface area contributed by atoms with Gasteiger partial charge in [0.05, 0.1) is 23.4 Å². The molecule has 3 rings (SSSR count). The van der Waals surface area contributed by atoms with Gasteiger partial charge in [0.25, 0.3) is 0 Å². The van der Waals surface area contributed by atoms with E-state index in [4.69, 9.17) is 4.74 Å². The Morgan fingerprint density at radius 1 is 1.08 bits per heavy atom. The molecule has 0 fully saturated rings. The molecule has 0 aliphatic rings. The van der Waals surface area contributed by atoms with Crippen LogP contribution in [0, 0.1) is 0 Å². The van der Waals surface area contributed by atoms with Crippen molar-refractivity contribution >= 4 is 26.8 Å². The minimum atomic E-state index is -3.69. The number of benzene rings is 2. The number of hydrogen-bond donors (Lipinski definition) is 0. The SMILES string of the molecule is COc1nc2ccc(C(=O)c3ccccc3)cc2n1S(=O)(=O)C(C)C. The molecule has 7 heteroatoms. The lowest BCUT2D eigenvalue weighted by molar-refractivity contribution is 0.103. The Bertz CT molecular complexity index is 1040. The molecule has 3 aromatic rings. The first-order valence-electron chi connectivity index (χ1n) is 7.77. The maximum absolute atomic E-state index is 12.7. The first-order chi connectivity index (χ1) is 11.9. The van der Waals surface area contributed by atoms with Gasteiger partial charge in [0.2, 0.25) is 10.0 Å². The normalized spacial score (nSPS) is 11.8. The van der Waals surface area contributed by atoms with Crippen LogP contribution in [0.3, 0.4) is 0 Å². The number of nitrogens with zero attached hydrogens (tertiary/aromatic N) is 2. The number of methoxy groups -OCH3 is 1. The highest BCUT2D eigenvalue weighted by Crippen LogP contribution is 2.27. The molecular formula is C18H18N2O4S. The molecule has 0 atom stereocenters. The van der Waals surface area contributed by atoms with Crippen LogP contribution < -0.4 is 4.74 Å². The van der Waals surface area contributed by atoms with Crippen LogP contribution in [0.2, 0.25) is 0 Å². The van der Waals surface area contributed by atoms with Gasteiger partial charge < -0.3 is 4.74 Å². The van der Waals surface area contributed by atoms with Gasteiger partial charge in [0.1, 0.15) is 0 Å². The summed E-state index contributed by atoms with van der Waals surface area (Å²) in [4.78, 5) is 16.9. The Hall–Kier alpha value is -2.67. The summed E-state index contributed by atoms with van der Waals surface area (Å²) in [5, 5.41) is -0.660.